The van der Waals surface area contributed by atoms with Crippen LogP contribution in [-0.4, -0.2) is 31.0 Å². The molecule has 1 saturated heterocycles. The Kier molecular flexibility index (Phi) is 3.97. The van der Waals surface area contributed by atoms with Gasteiger partial charge in [0.05, 0.1) is 18.3 Å². The minimum absolute atomic E-state index is 0.429. The van der Waals surface area contributed by atoms with Crippen LogP contribution in [0.4, 0.5) is 0 Å². The van der Waals surface area contributed by atoms with E-state index >= 15 is 0 Å². The van der Waals surface area contributed by atoms with Gasteiger partial charge in [-0.15, -0.1) is 0 Å². The molecule has 2 aromatic heterocycles. The molecule has 5 nitrogen and oxygen atoms in total. The summed E-state index contributed by atoms with van der Waals surface area (Å²) < 4.78 is 2.28. The monoisotopic (exact) mass is 313 g/mol. The van der Waals surface area contributed by atoms with Crippen molar-refractivity contribution in [3.8, 4) is 0 Å². The number of fused-ring (bicyclic) bond motifs is 1. The molecule has 1 aliphatic heterocycles. The van der Waals surface area contributed by atoms with Crippen molar-refractivity contribution in [2.75, 3.05) is 6.54 Å². The van der Waals surface area contributed by atoms with E-state index in [1.165, 1.54) is 55.1 Å². The van der Waals surface area contributed by atoms with E-state index in [0.29, 0.717) is 12.1 Å². The van der Waals surface area contributed by atoms with E-state index < -0.39 is 0 Å². The lowest BCUT2D eigenvalue weighted by atomic mass is 10.0. The third-order valence-electron chi connectivity index (χ3n) is 5.30. The number of nitrogens with zero attached hydrogens (tertiary/aromatic N) is 4. The minimum Gasteiger partial charge on any atom is -0.344 e. The van der Waals surface area contributed by atoms with Gasteiger partial charge in [0, 0.05) is 24.1 Å². The number of imidazole rings is 2. The molecule has 0 saturated carbocycles. The topological polar surface area (TPSA) is 49.7 Å². The van der Waals surface area contributed by atoms with Crippen LogP contribution < -0.4 is 0 Å². The highest BCUT2D eigenvalue weighted by molar-refractivity contribution is 5.19. The fourth-order valence-corrected chi connectivity index (χ4v) is 4.08. The molecule has 0 amide bonds. The molecule has 0 bridgehead atoms. The van der Waals surface area contributed by atoms with Crippen LogP contribution in [0.2, 0.25) is 0 Å². The molecule has 0 radical (unpaired) electrons. The van der Waals surface area contributed by atoms with Gasteiger partial charge in [-0.25, -0.2) is 9.97 Å². The number of likely N-dealkylation sites (tertiary alicyclic amines) is 1. The van der Waals surface area contributed by atoms with Gasteiger partial charge in [-0.3, -0.25) is 4.90 Å². The van der Waals surface area contributed by atoms with Gasteiger partial charge in [0.25, 0.3) is 0 Å². The SMILES string of the molecule is CC(C)n1ccnc1CN1CCCC1c1nc2c([nH]1)CCCC2. The van der Waals surface area contributed by atoms with Crippen LogP contribution in [0.15, 0.2) is 12.4 Å². The van der Waals surface area contributed by atoms with Gasteiger partial charge >= 0.3 is 0 Å². The smallest absolute Gasteiger partial charge is 0.124 e. The molecular weight excluding hydrogens is 286 g/mol. The van der Waals surface area contributed by atoms with Crippen LogP contribution in [0.5, 0.6) is 0 Å². The Balaban J connectivity index is 1.54. The van der Waals surface area contributed by atoms with Crippen molar-refractivity contribution in [2.45, 2.75) is 71.0 Å². The maximum absolute atomic E-state index is 4.95. The average molecular weight is 313 g/mol. The second-order valence-electron chi connectivity index (χ2n) is 7.23. The molecule has 2 aromatic rings. The van der Waals surface area contributed by atoms with Gasteiger partial charge in [-0.1, -0.05) is 0 Å². The summed E-state index contributed by atoms with van der Waals surface area (Å²) in [5.41, 5.74) is 2.71. The average Bonchev–Trinajstić information content (AvgIpc) is 3.25. The van der Waals surface area contributed by atoms with Crippen molar-refractivity contribution in [2.24, 2.45) is 0 Å². The van der Waals surface area contributed by atoms with Gasteiger partial charge < -0.3 is 9.55 Å². The van der Waals surface area contributed by atoms with E-state index in [2.05, 4.69) is 39.5 Å². The van der Waals surface area contributed by atoms with Crippen LogP contribution in [0.1, 0.15) is 74.7 Å². The summed E-state index contributed by atoms with van der Waals surface area (Å²) in [6.45, 7) is 6.49. The standard InChI is InChI=1S/C18H27N5/c1-13(2)23-11-9-19-17(23)12-22-10-5-8-16(22)18-20-14-6-3-4-7-15(14)21-18/h9,11,13,16H,3-8,10,12H2,1-2H3,(H,20,21). The summed E-state index contributed by atoms with van der Waals surface area (Å²) in [6.07, 6.45) is 11.4. The first-order valence-corrected chi connectivity index (χ1v) is 9.06. The van der Waals surface area contributed by atoms with E-state index in [0.717, 1.165) is 19.5 Å². The summed E-state index contributed by atoms with van der Waals surface area (Å²) >= 11 is 0. The first-order valence-electron chi connectivity index (χ1n) is 9.06. The van der Waals surface area contributed by atoms with E-state index in [9.17, 15) is 0 Å². The van der Waals surface area contributed by atoms with Crippen molar-refractivity contribution in [1.82, 2.24) is 24.4 Å². The highest BCUT2D eigenvalue weighted by Gasteiger charge is 2.30. The number of aryl methyl sites for hydroxylation is 2. The molecule has 3 heterocycles. The van der Waals surface area contributed by atoms with Gasteiger partial charge in [-0.2, -0.15) is 0 Å². The zero-order valence-electron chi connectivity index (χ0n) is 14.3. The normalized spacial score (nSPS) is 22.0. The Bertz CT molecular complexity index is 645. The van der Waals surface area contributed by atoms with Gasteiger partial charge in [0.1, 0.15) is 11.6 Å². The number of rotatable bonds is 4. The van der Waals surface area contributed by atoms with E-state index in [1.54, 1.807) is 0 Å². The number of hydrogen-bond donors (Lipinski definition) is 1. The molecule has 1 aliphatic carbocycles. The third kappa shape index (κ3) is 2.82. The molecule has 0 aromatic carbocycles. The Morgan fingerprint density at radius 3 is 2.96 bits per heavy atom. The van der Waals surface area contributed by atoms with Crippen LogP contribution in [0.25, 0.3) is 0 Å². The number of hydrogen-bond acceptors (Lipinski definition) is 3. The lowest BCUT2D eigenvalue weighted by Crippen LogP contribution is -2.25. The summed E-state index contributed by atoms with van der Waals surface area (Å²) in [5.74, 6) is 2.36. The van der Waals surface area contributed by atoms with Crippen LogP contribution >= 0.6 is 0 Å². The van der Waals surface area contributed by atoms with Crippen molar-refractivity contribution >= 4 is 0 Å². The predicted molar refractivity (Wildman–Crippen MR) is 90.2 cm³/mol. The maximum Gasteiger partial charge on any atom is 0.124 e. The molecule has 1 unspecified atom stereocenters. The Morgan fingerprint density at radius 1 is 1.26 bits per heavy atom. The Labute approximate surface area is 138 Å². The minimum atomic E-state index is 0.429. The van der Waals surface area contributed by atoms with Gasteiger partial charge in [-0.05, 0) is 58.9 Å². The predicted octanol–water partition coefficient (Wildman–Crippen LogP) is 3.40. The van der Waals surface area contributed by atoms with Crippen molar-refractivity contribution < 1.29 is 0 Å². The molecule has 1 fully saturated rings. The van der Waals surface area contributed by atoms with Crippen molar-refractivity contribution in [1.29, 1.82) is 0 Å². The van der Waals surface area contributed by atoms with Crippen molar-refractivity contribution in [3.63, 3.8) is 0 Å². The van der Waals surface area contributed by atoms with Gasteiger partial charge in [0.2, 0.25) is 0 Å². The molecule has 5 heteroatoms. The quantitative estimate of drug-likeness (QED) is 0.941. The molecule has 1 atom stereocenters. The summed E-state index contributed by atoms with van der Waals surface area (Å²) in [5, 5.41) is 0. The number of nitrogens with one attached hydrogen (secondary N) is 1. The van der Waals surface area contributed by atoms with E-state index in [4.69, 9.17) is 4.98 Å². The molecule has 0 spiro atoms. The molecule has 23 heavy (non-hydrogen) atoms. The number of H-pyrrole nitrogens is 1. The molecule has 1 N–H and O–H groups in total. The first kappa shape index (κ1) is 14.9. The van der Waals surface area contributed by atoms with Crippen LogP contribution in [-0.2, 0) is 19.4 Å². The molecule has 2 aliphatic rings. The van der Waals surface area contributed by atoms with Crippen molar-refractivity contribution in [3.05, 3.63) is 35.4 Å². The van der Waals surface area contributed by atoms with Crippen LogP contribution in [0.3, 0.4) is 0 Å². The van der Waals surface area contributed by atoms with Gasteiger partial charge in [0.15, 0.2) is 0 Å². The Hall–Kier alpha value is -1.62. The lowest BCUT2D eigenvalue weighted by molar-refractivity contribution is 0.230. The number of aromatic nitrogens is 4. The fourth-order valence-electron chi connectivity index (χ4n) is 4.08. The maximum atomic E-state index is 4.95. The van der Waals surface area contributed by atoms with Crippen LogP contribution in [0, 0.1) is 0 Å². The first-order chi connectivity index (χ1) is 11.2. The molecule has 4 rings (SSSR count). The lowest BCUT2D eigenvalue weighted by Gasteiger charge is -2.23. The Morgan fingerprint density at radius 2 is 2.13 bits per heavy atom. The highest BCUT2D eigenvalue weighted by atomic mass is 15.2. The summed E-state index contributed by atoms with van der Waals surface area (Å²) in [7, 11) is 0. The highest BCUT2D eigenvalue weighted by Crippen LogP contribution is 2.33. The molecular formula is C18H27N5. The van der Waals surface area contributed by atoms with E-state index in [-0.39, 0.29) is 0 Å². The zero-order chi connectivity index (χ0) is 15.8. The second-order valence-corrected chi connectivity index (χ2v) is 7.23. The summed E-state index contributed by atoms with van der Waals surface area (Å²) in [6, 6.07) is 0.891. The third-order valence-corrected chi connectivity index (χ3v) is 5.30. The second kappa shape index (κ2) is 6.11. The van der Waals surface area contributed by atoms with E-state index in [1.807, 2.05) is 6.20 Å². The number of aromatic amines is 1. The zero-order valence-corrected chi connectivity index (χ0v) is 14.3. The molecule has 124 valence electrons. The fraction of sp³-hybridized carbons (Fsp3) is 0.667. The summed E-state index contributed by atoms with van der Waals surface area (Å²) in [4.78, 5) is 15.7. The largest absolute Gasteiger partial charge is 0.344 e.